The maximum absolute atomic E-state index is 12.7. The molecule has 0 saturated carbocycles. The van der Waals surface area contributed by atoms with Crippen LogP contribution in [0.25, 0.3) is 0 Å². The Bertz CT molecular complexity index is 734. The lowest BCUT2D eigenvalue weighted by Crippen LogP contribution is -2.43. The summed E-state index contributed by atoms with van der Waals surface area (Å²) in [6.45, 7) is 4.90. The zero-order valence-corrected chi connectivity index (χ0v) is 15.8. The van der Waals surface area contributed by atoms with Crippen molar-refractivity contribution in [1.82, 2.24) is 14.5 Å². The lowest BCUT2D eigenvalue weighted by Gasteiger charge is -2.29. The topological polar surface area (TPSA) is 69.7 Å². The van der Waals surface area contributed by atoms with Gasteiger partial charge in [0.05, 0.1) is 4.90 Å². The molecule has 0 aromatic heterocycles. The fourth-order valence-electron chi connectivity index (χ4n) is 3.50. The average molecular weight is 365 g/mol. The molecule has 1 aromatic rings. The van der Waals surface area contributed by atoms with Crippen molar-refractivity contribution in [2.75, 3.05) is 33.2 Å². The molecule has 0 atom stereocenters. The van der Waals surface area contributed by atoms with Gasteiger partial charge in [-0.2, -0.15) is 4.31 Å². The number of aryl methyl sites for hydroxylation is 1. The van der Waals surface area contributed by atoms with Crippen molar-refractivity contribution in [3.8, 4) is 0 Å². The van der Waals surface area contributed by atoms with Crippen molar-refractivity contribution >= 4 is 15.9 Å². The Labute approximate surface area is 150 Å². The molecular weight excluding hydrogens is 338 g/mol. The van der Waals surface area contributed by atoms with Gasteiger partial charge in [0.15, 0.2) is 0 Å². The predicted octanol–water partition coefficient (Wildman–Crippen LogP) is 1.60. The highest BCUT2D eigenvalue weighted by atomic mass is 32.2. The van der Waals surface area contributed by atoms with Crippen molar-refractivity contribution in [2.45, 2.75) is 43.5 Å². The number of hydrogen-bond donors (Lipinski definition) is 1. The molecule has 25 heavy (non-hydrogen) atoms. The van der Waals surface area contributed by atoms with Crippen molar-refractivity contribution in [1.29, 1.82) is 0 Å². The van der Waals surface area contributed by atoms with Crippen molar-refractivity contribution in [2.24, 2.45) is 0 Å². The van der Waals surface area contributed by atoms with Gasteiger partial charge in [-0.25, -0.2) is 8.42 Å². The first kappa shape index (κ1) is 18.4. The maximum atomic E-state index is 12.7. The number of amides is 1. The number of carbonyl (C=O) groups is 1. The number of hydrogen-bond acceptors (Lipinski definition) is 4. The predicted molar refractivity (Wildman–Crippen MR) is 97.2 cm³/mol. The second-order valence-corrected chi connectivity index (χ2v) is 9.08. The van der Waals surface area contributed by atoms with Gasteiger partial charge < -0.3 is 10.2 Å². The third-order valence-corrected chi connectivity index (χ3v) is 7.10. The Morgan fingerprint density at radius 3 is 2.40 bits per heavy atom. The molecule has 1 aromatic carbocycles. The SMILES string of the molecule is Cc1ccc(S(=O)(=O)N2CCCC2)cc1C(=O)NC1CCN(C)CC1. The Morgan fingerprint density at radius 1 is 1.12 bits per heavy atom. The molecule has 0 bridgehead atoms. The summed E-state index contributed by atoms with van der Waals surface area (Å²) in [7, 11) is -1.43. The maximum Gasteiger partial charge on any atom is 0.251 e. The largest absolute Gasteiger partial charge is 0.349 e. The van der Waals surface area contributed by atoms with E-state index in [9.17, 15) is 13.2 Å². The molecule has 2 saturated heterocycles. The summed E-state index contributed by atoms with van der Waals surface area (Å²) in [5.74, 6) is -0.175. The number of carbonyl (C=O) groups excluding carboxylic acids is 1. The number of nitrogens with one attached hydrogen (secondary N) is 1. The summed E-state index contributed by atoms with van der Waals surface area (Å²) in [5.41, 5.74) is 1.25. The molecule has 6 nitrogen and oxygen atoms in total. The van der Waals surface area contributed by atoms with E-state index in [1.807, 2.05) is 6.92 Å². The summed E-state index contributed by atoms with van der Waals surface area (Å²) in [5, 5.41) is 3.07. The zero-order chi connectivity index (χ0) is 18.0. The summed E-state index contributed by atoms with van der Waals surface area (Å²) in [6, 6.07) is 5.02. The van der Waals surface area contributed by atoms with Crippen molar-refractivity contribution in [3.63, 3.8) is 0 Å². The van der Waals surface area contributed by atoms with Crippen LogP contribution in [-0.4, -0.2) is 62.8 Å². The third kappa shape index (κ3) is 4.04. The molecule has 0 spiro atoms. The summed E-state index contributed by atoms with van der Waals surface area (Å²) in [6.07, 6.45) is 3.64. The number of rotatable bonds is 4. The quantitative estimate of drug-likeness (QED) is 0.880. The first-order chi connectivity index (χ1) is 11.9. The number of likely N-dealkylation sites (tertiary alicyclic amines) is 1. The van der Waals surface area contributed by atoms with Crippen LogP contribution >= 0.6 is 0 Å². The zero-order valence-electron chi connectivity index (χ0n) is 15.0. The molecule has 7 heteroatoms. The van der Waals surface area contributed by atoms with E-state index in [2.05, 4.69) is 17.3 Å². The molecule has 0 radical (unpaired) electrons. The lowest BCUT2D eigenvalue weighted by atomic mass is 10.0. The molecule has 2 heterocycles. The van der Waals surface area contributed by atoms with Gasteiger partial charge in [-0.15, -0.1) is 0 Å². The first-order valence-electron chi connectivity index (χ1n) is 8.98. The van der Waals surface area contributed by atoms with Crippen LogP contribution in [0.4, 0.5) is 0 Å². The summed E-state index contributed by atoms with van der Waals surface area (Å²) < 4.78 is 27.0. The average Bonchev–Trinajstić information content (AvgIpc) is 3.12. The summed E-state index contributed by atoms with van der Waals surface area (Å²) >= 11 is 0. The molecule has 1 N–H and O–H groups in total. The normalized spacial score (nSPS) is 20.7. The second-order valence-electron chi connectivity index (χ2n) is 7.14. The van der Waals surface area contributed by atoms with Crippen LogP contribution in [0.1, 0.15) is 41.6 Å². The van der Waals surface area contributed by atoms with Gasteiger partial charge in [0.25, 0.3) is 5.91 Å². The van der Waals surface area contributed by atoms with Gasteiger partial charge in [-0.1, -0.05) is 6.07 Å². The Kier molecular flexibility index (Phi) is 5.46. The van der Waals surface area contributed by atoms with Gasteiger partial charge in [-0.3, -0.25) is 4.79 Å². The minimum Gasteiger partial charge on any atom is -0.349 e. The van der Waals surface area contributed by atoms with E-state index in [1.165, 1.54) is 10.4 Å². The van der Waals surface area contributed by atoms with E-state index in [1.54, 1.807) is 12.1 Å². The van der Waals surface area contributed by atoms with Gasteiger partial charge >= 0.3 is 0 Å². The highest BCUT2D eigenvalue weighted by Gasteiger charge is 2.28. The van der Waals surface area contributed by atoms with Crippen molar-refractivity contribution < 1.29 is 13.2 Å². The van der Waals surface area contributed by atoms with Crippen molar-refractivity contribution in [3.05, 3.63) is 29.3 Å². The van der Waals surface area contributed by atoms with E-state index < -0.39 is 10.0 Å². The van der Waals surface area contributed by atoms with E-state index >= 15 is 0 Å². The van der Waals surface area contributed by atoms with Gasteiger partial charge in [0.2, 0.25) is 10.0 Å². The van der Waals surface area contributed by atoms with Gasteiger partial charge in [0, 0.05) is 24.7 Å². The first-order valence-corrected chi connectivity index (χ1v) is 10.4. The molecule has 138 valence electrons. The van der Waals surface area contributed by atoms with Gasteiger partial charge in [-0.05, 0) is 70.4 Å². The number of piperidine rings is 1. The molecule has 3 rings (SSSR count). The van der Waals surface area contributed by atoms with E-state index in [-0.39, 0.29) is 16.8 Å². The third-order valence-electron chi connectivity index (χ3n) is 5.21. The number of benzene rings is 1. The molecule has 0 aliphatic carbocycles. The van der Waals surface area contributed by atoms with E-state index in [4.69, 9.17) is 0 Å². The highest BCUT2D eigenvalue weighted by molar-refractivity contribution is 7.89. The number of sulfonamides is 1. The van der Waals surface area contributed by atoms with Crippen LogP contribution in [0.5, 0.6) is 0 Å². The molecule has 0 unspecified atom stereocenters. The molecule has 2 aliphatic rings. The fraction of sp³-hybridized carbons (Fsp3) is 0.611. The Balaban J connectivity index is 1.78. The molecule has 2 aliphatic heterocycles. The fourth-order valence-corrected chi connectivity index (χ4v) is 5.04. The monoisotopic (exact) mass is 365 g/mol. The standard InChI is InChI=1S/C18H27N3O3S/c1-14-5-6-16(25(23,24)21-9-3-4-10-21)13-17(14)18(22)19-15-7-11-20(2)12-8-15/h5-6,13,15H,3-4,7-12H2,1-2H3,(H,19,22). The van der Waals surface area contributed by atoms with Crippen LogP contribution in [0, 0.1) is 6.92 Å². The van der Waals surface area contributed by atoms with Crippen LogP contribution < -0.4 is 5.32 Å². The van der Waals surface area contributed by atoms with E-state index in [0.29, 0.717) is 18.7 Å². The number of nitrogens with zero attached hydrogens (tertiary/aromatic N) is 2. The van der Waals surface area contributed by atoms with Crippen LogP contribution in [0.2, 0.25) is 0 Å². The second kappa shape index (κ2) is 7.43. The minimum absolute atomic E-state index is 0.155. The van der Waals surface area contributed by atoms with Gasteiger partial charge in [0.1, 0.15) is 0 Å². The van der Waals surface area contributed by atoms with E-state index in [0.717, 1.165) is 44.3 Å². The highest BCUT2D eigenvalue weighted by Crippen LogP contribution is 2.23. The smallest absolute Gasteiger partial charge is 0.251 e. The lowest BCUT2D eigenvalue weighted by molar-refractivity contribution is 0.0916. The van der Waals surface area contributed by atoms with Crippen LogP contribution in [0.3, 0.4) is 0 Å². The Morgan fingerprint density at radius 2 is 1.76 bits per heavy atom. The summed E-state index contributed by atoms with van der Waals surface area (Å²) in [4.78, 5) is 15.1. The van der Waals surface area contributed by atoms with Crippen LogP contribution in [-0.2, 0) is 10.0 Å². The minimum atomic E-state index is -3.51. The molecule has 1 amide bonds. The Hall–Kier alpha value is -1.44. The molecular formula is C18H27N3O3S. The molecule has 2 fully saturated rings. The van der Waals surface area contributed by atoms with Crippen LogP contribution in [0.15, 0.2) is 23.1 Å².